The smallest absolute Gasteiger partial charge is 0.245 e. The third-order valence-corrected chi connectivity index (χ3v) is 4.76. The zero-order valence-electron chi connectivity index (χ0n) is 9.60. The van der Waals surface area contributed by atoms with Crippen LogP contribution in [0.3, 0.4) is 0 Å². The number of nitrogens with zero attached hydrogens (tertiary/aromatic N) is 1. The Bertz CT molecular complexity index is 618. The highest BCUT2D eigenvalue weighted by atomic mass is 79.9. The van der Waals surface area contributed by atoms with E-state index in [0.29, 0.717) is 17.3 Å². The minimum absolute atomic E-state index is 0.0286. The van der Waals surface area contributed by atoms with Gasteiger partial charge in [-0.15, -0.1) is 0 Å². The Balaban J connectivity index is 2.41. The van der Waals surface area contributed by atoms with Gasteiger partial charge in [0.05, 0.1) is 13.2 Å². The third kappa shape index (κ3) is 2.51. The van der Waals surface area contributed by atoms with Gasteiger partial charge in [-0.25, -0.2) is 8.42 Å². The number of benzene rings is 1. The maximum atomic E-state index is 12.2. The van der Waals surface area contributed by atoms with E-state index in [9.17, 15) is 8.42 Å². The Hall–Kier alpha value is -1.10. The lowest BCUT2D eigenvalue weighted by Crippen LogP contribution is -2.35. The molecule has 18 heavy (non-hydrogen) atoms. The van der Waals surface area contributed by atoms with E-state index in [-0.39, 0.29) is 10.6 Å². The summed E-state index contributed by atoms with van der Waals surface area (Å²) in [6.45, 7) is 0. The van der Waals surface area contributed by atoms with E-state index in [2.05, 4.69) is 20.7 Å². The summed E-state index contributed by atoms with van der Waals surface area (Å²) in [6, 6.07) is 6.69. The molecule has 1 aliphatic rings. The molecule has 7 heteroatoms. The zero-order chi connectivity index (χ0) is 13.4. The Morgan fingerprint density at radius 1 is 1.50 bits per heavy atom. The number of hydrogen-bond donors (Lipinski definition) is 1. The molecule has 0 saturated heterocycles. The molecule has 1 aromatic carbocycles. The summed E-state index contributed by atoms with van der Waals surface area (Å²) < 4.78 is 32.5. The van der Waals surface area contributed by atoms with Crippen LogP contribution >= 0.6 is 15.9 Å². The van der Waals surface area contributed by atoms with Crippen molar-refractivity contribution in [2.45, 2.75) is 23.3 Å². The fourth-order valence-electron chi connectivity index (χ4n) is 1.53. The van der Waals surface area contributed by atoms with Gasteiger partial charge in [0.15, 0.2) is 0 Å². The molecule has 0 unspecified atom stereocenters. The molecule has 1 aromatic rings. The minimum atomic E-state index is -3.76. The van der Waals surface area contributed by atoms with Crippen molar-refractivity contribution in [2.75, 3.05) is 7.11 Å². The van der Waals surface area contributed by atoms with E-state index >= 15 is 0 Å². The summed E-state index contributed by atoms with van der Waals surface area (Å²) in [5.74, 6) is 0.249. The van der Waals surface area contributed by atoms with E-state index < -0.39 is 15.6 Å². The van der Waals surface area contributed by atoms with Gasteiger partial charge in [0.1, 0.15) is 16.2 Å². The lowest BCUT2D eigenvalue weighted by atomic mass is 10.3. The lowest BCUT2D eigenvalue weighted by molar-refractivity contribution is 0.402. The van der Waals surface area contributed by atoms with Gasteiger partial charge in [0.25, 0.3) is 0 Å². The molecule has 1 fully saturated rings. The number of rotatable bonds is 4. The molecular weight excluding hydrogens is 320 g/mol. The van der Waals surface area contributed by atoms with Crippen molar-refractivity contribution in [3.05, 3.63) is 22.7 Å². The van der Waals surface area contributed by atoms with Crippen LogP contribution in [0.15, 0.2) is 27.6 Å². The number of halogens is 1. The second-order valence-electron chi connectivity index (χ2n) is 4.09. The average molecular weight is 331 g/mol. The summed E-state index contributed by atoms with van der Waals surface area (Å²) in [5.41, 5.74) is -0.938. The normalized spacial score (nSPS) is 16.9. The molecular formula is C11H11BrN2O3S. The maximum absolute atomic E-state index is 12.2. The van der Waals surface area contributed by atoms with Crippen LogP contribution in [0.1, 0.15) is 12.8 Å². The van der Waals surface area contributed by atoms with Crippen LogP contribution in [0, 0.1) is 11.3 Å². The van der Waals surface area contributed by atoms with Crippen molar-refractivity contribution in [3.8, 4) is 11.8 Å². The first-order valence-electron chi connectivity index (χ1n) is 5.21. The van der Waals surface area contributed by atoms with E-state index in [0.717, 1.165) is 0 Å². The third-order valence-electron chi connectivity index (χ3n) is 2.71. The largest absolute Gasteiger partial charge is 0.495 e. The van der Waals surface area contributed by atoms with Gasteiger partial charge >= 0.3 is 0 Å². The molecule has 0 amide bonds. The monoisotopic (exact) mass is 330 g/mol. The molecule has 1 saturated carbocycles. The Labute approximate surface area is 114 Å². The number of hydrogen-bond acceptors (Lipinski definition) is 4. The molecule has 0 aromatic heterocycles. The Morgan fingerprint density at radius 2 is 2.17 bits per heavy atom. The molecule has 0 bridgehead atoms. The summed E-state index contributed by atoms with van der Waals surface area (Å²) in [4.78, 5) is 0.0286. The Kier molecular flexibility index (Phi) is 3.36. The first kappa shape index (κ1) is 13.3. The van der Waals surface area contributed by atoms with Gasteiger partial charge in [0, 0.05) is 4.47 Å². The van der Waals surface area contributed by atoms with Gasteiger partial charge in [0.2, 0.25) is 10.0 Å². The second kappa shape index (κ2) is 4.53. The van der Waals surface area contributed by atoms with Crippen molar-refractivity contribution in [3.63, 3.8) is 0 Å². The molecule has 0 spiro atoms. The van der Waals surface area contributed by atoms with Crippen molar-refractivity contribution < 1.29 is 13.2 Å². The van der Waals surface area contributed by atoms with Crippen LogP contribution in [-0.4, -0.2) is 21.1 Å². The topological polar surface area (TPSA) is 79.2 Å². The average Bonchev–Trinajstić information content (AvgIpc) is 3.09. The lowest BCUT2D eigenvalue weighted by Gasteiger charge is -2.13. The zero-order valence-corrected chi connectivity index (χ0v) is 12.0. The standard InChI is InChI=1S/C11H11BrN2O3S/c1-17-9-3-2-8(12)6-10(9)18(15,16)14-11(7-13)4-5-11/h2-3,6,14H,4-5H2,1H3. The molecule has 0 heterocycles. The van der Waals surface area contributed by atoms with Crippen LogP contribution < -0.4 is 9.46 Å². The fourth-order valence-corrected chi connectivity index (χ4v) is 3.62. The van der Waals surface area contributed by atoms with E-state index in [1.54, 1.807) is 12.1 Å². The molecule has 2 rings (SSSR count). The molecule has 5 nitrogen and oxygen atoms in total. The summed E-state index contributed by atoms with van der Waals surface area (Å²) in [6.07, 6.45) is 1.08. The van der Waals surface area contributed by atoms with Crippen molar-refractivity contribution in [1.29, 1.82) is 5.26 Å². The molecule has 0 radical (unpaired) electrons. The van der Waals surface area contributed by atoms with E-state index in [1.807, 2.05) is 6.07 Å². The molecule has 1 aliphatic carbocycles. The highest BCUT2D eigenvalue weighted by Gasteiger charge is 2.47. The highest BCUT2D eigenvalue weighted by molar-refractivity contribution is 9.10. The quantitative estimate of drug-likeness (QED) is 0.912. The first-order valence-corrected chi connectivity index (χ1v) is 7.49. The van der Waals surface area contributed by atoms with Gasteiger partial charge in [-0.3, -0.25) is 0 Å². The van der Waals surface area contributed by atoms with E-state index in [4.69, 9.17) is 10.00 Å². The predicted octanol–water partition coefficient (Wildman–Crippen LogP) is 1.79. The number of ether oxygens (including phenoxy) is 1. The van der Waals surface area contributed by atoms with Crippen LogP contribution in [0.2, 0.25) is 0 Å². The van der Waals surface area contributed by atoms with E-state index in [1.165, 1.54) is 13.2 Å². The van der Waals surface area contributed by atoms with Gasteiger partial charge in [-0.1, -0.05) is 15.9 Å². The number of nitriles is 1. The van der Waals surface area contributed by atoms with Crippen LogP contribution in [0.5, 0.6) is 5.75 Å². The molecule has 0 atom stereocenters. The van der Waals surface area contributed by atoms with Crippen LogP contribution in [-0.2, 0) is 10.0 Å². The SMILES string of the molecule is COc1ccc(Br)cc1S(=O)(=O)NC1(C#N)CC1. The van der Waals surface area contributed by atoms with Crippen molar-refractivity contribution >= 4 is 26.0 Å². The molecule has 1 N–H and O–H groups in total. The summed E-state index contributed by atoms with van der Waals surface area (Å²) in [5, 5.41) is 8.93. The molecule has 0 aliphatic heterocycles. The van der Waals surface area contributed by atoms with Gasteiger partial charge in [-0.05, 0) is 31.0 Å². The summed E-state index contributed by atoms with van der Waals surface area (Å²) in [7, 11) is -2.36. The highest BCUT2D eigenvalue weighted by Crippen LogP contribution is 2.37. The number of sulfonamides is 1. The van der Waals surface area contributed by atoms with Gasteiger partial charge < -0.3 is 4.74 Å². The number of methoxy groups -OCH3 is 1. The minimum Gasteiger partial charge on any atom is -0.495 e. The fraction of sp³-hybridized carbons (Fsp3) is 0.364. The van der Waals surface area contributed by atoms with Crippen molar-refractivity contribution in [1.82, 2.24) is 4.72 Å². The van der Waals surface area contributed by atoms with Gasteiger partial charge in [-0.2, -0.15) is 9.98 Å². The summed E-state index contributed by atoms with van der Waals surface area (Å²) >= 11 is 3.22. The predicted molar refractivity (Wildman–Crippen MR) is 68.6 cm³/mol. The van der Waals surface area contributed by atoms with Crippen LogP contribution in [0.25, 0.3) is 0 Å². The maximum Gasteiger partial charge on any atom is 0.245 e. The number of nitrogens with one attached hydrogen (secondary N) is 1. The van der Waals surface area contributed by atoms with Crippen molar-refractivity contribution in [2.24, 2.45) is 0 Å². The Morgan fingerprint density at radius 3 is 2.67 bits per heavy atom. The van der Waals surface area contributed by atoms with Crippen LogP contribution in [0.4, 0.5) is 0 Å². The first-order chi connectivity index (χ1) is 8.42. The second-order valence-corrected chi connectivity index (χ2v) is 6.66. The molecule has 96 valence electrons.